The Balaban J connectivity index is 0.00000484. The van der Waals surface area contributed by atoms with E-state index < -0.39 is 0 Å². The summed E-state index contributed by atoms with van der Waals surface area (Å²) in [7, 11) is 1.72. The lowest BCUT2D eigenvalue weighted by Crippen LogP contribution is -2.37. The number of methoxy groups -OCH3 is 1. The van der Waals surface area contributed by atoms with E-state index in [1.165, 1.54) is 29.7 Å². The van der Waals surface area contributed by atoms with Crippen molar-refractivity contribution in [2.75, 3.05) is 32.2 Å². The van der Waals surface area contributed by atoms with Gasteiger partial charge in [0.25, 0.3) is 0 Å². The number of benzene rings is 1. The van der Waals surface area contributed by atoms with Crippen molar-refractivity contribution in [1.29, 1.82) is 0 Å². The summed E-state index contributed by atoms with van der Waals surface area (Å²) in [5.41, 5.74) is 2.41. The maximum absolute atomic E-state index is 5.24. The van der Waals surface area contributed by atoms with E-state index in [9.17, 15) is 0 Å². The predicted molar refractivity (Wildman–Crippen MR) is 113 cm³/mol. The number of nitrogens with one attached hydrogen (secondary N) is 2. The quantitative estimate of drug-likeness (QED) is 0.247. The van der Waals surface area contributed by atoms with Gasteiger partial charge in [-0.2, -0.15) is 11.8 Å². The summed E-state index contributed by atoms with van der Waals surface area (Å²) in [4.78, 5) is 4.68. The SMILES string of the molecule is CCNC(=NCc1ccccc1COC)NCCCCSC.I. The molecule has 0 saturated carbocycles. The lowest BCUT2D eigenvalue weighted by molar-refractivity contribution is 0.184. The Morgan fingerprint density at radius 1 is 1.17 bits per heavy atom. The van der Waals surface area contributed by atoms with Gasteiger partial charge in [-0.15, -0.1) is 24.0 Å². The molecule has 0 bridgehead atoms. The third-order valence-corrected chi connectivity index (χ3v) is 3.93. The molecule has 4 nitrogen and oxygen atoms in total. The van der Waals surface area contributed by atoms with Gasteiger partial charge < -0.3 is 15.4 Å². The first-order valence-corrected chi connectivity index (χ1v) is 9.28. The zero-order valence-corrected chi connectivity index (χ0v) is 17.6. The summed E-state index contributed by atoms with van der Waals surface area (Å²) in [5, 5.41) is 6.70. The number of thioether (sulfide) groups is 1. The van der Waals surface area contributed by atoms with E-state index in [0.717, 1.165) is 19.0 Å². The lowest BCUT2D eigenvalue weighted by Gasteiger charge is -2.12. The minimum Gasteiger partial charge on any atom is -0.380 e. The van der Waals surface area contributed by atoms with Gasteiger partial charge in [0.05, 0.1) is 13.2 Å². The molecular weight excluding hydrogens is 421 g/mol. The fourth-order valence-electron chi connectivity index (χ4n) is 2.09. The zero-order chi connectivity index (χ0) is 16.0. The number of unbranched alkanes of at least 4 members (excludes halogenated alkanes) is 1. The summed E-state index contributed by atoms with van der Waals surface area (Å²) in [6, 6.07) is 8.29. The van der Waals surface area contributed by atoms with Crippen LogP contribution in [-0.4, -0.2) is 38.2 Å². The molecule has 0 aromatic heterocycles. The molecule has 0 saturated heterocycles. The summed E-state index contributed by atoms with van der Waals surface area (Å²) >= 11 is 1.90. The van der Waals surface area contributed by atoms with Crippen LogP contribution in [0.4, 0.5) is 0 Å². The molecule has 0 spiro atoms. The highest BCUT2D eigenvalue weighted by atomic mass is 127. The molecule has 6 heteroatoms. The van der Waals surface area contributed by atoms with Crippen molar-refractivity contribution in [3.8, 4) is 0 Å². The number of halogens is 1. The standard InChI is InChI=1S/C17H29N3OS.HI/c1-4-18-17(19-11-7-8-12-22-3)20-13-15-9-5-6-10-16(15)14-21-2;/h5-6,9-10H,4,7-8,11-14H2,1-3H3,(H2,18,19,20);1H. The number of nitrogens with zero attached hydrogens (tertiary/aromatic N) is 1. The van der Waals surface area contributed by atoms with Gasteiger partial charge in [0, 0.05) is 20.2 Å². The van der Waals surface area contributed by atoms with E-state index >= 15 is 0 Å². The largest absolute Gasteiger partial charge is 0.380 e. The highest BCUT2D eigenvalue weighted by Crippen LogP contribution is 2.11. The number of ether oxygens (including phenoxy) is 1. The highest BCUT2D eigenvalue weighted by Gasteiger charge is 2.02. The topological polar surface area (TPSA) is 45.7 Å². The van der Waals surface area contributed by atoms with Gasteiger partial charge in [0.15, 0.2) is 5.96 Å². The Hall–Kier alpha value is -0.470. The molecule has 0 unspecified atom stereocenters. The molecule has 1 aromatic rings. The first-order chi connectivity index (χ1) is 10.8. The first-order valence-electron chi connectivity index (χ1n) is 7.88. The third kappa shape index (κ3) is 10.1. The van der Waals surface area contributed by atoms with E-state index in [2.05, 4.69) is 40.9 Å². The van der Waals surface area contributed by atoms with E-state index in [1.807, 2.05) is 23.9 Å². The van der Waals surface area contributed by atoms with Crippen molar-refractivity contribution in [2.45, 2.75) is 32.9 Å². The molecule has 0 amide bonds. The molecule has 0 radical (unpaired) electrons. The second-order valence-corrected chi connectivity index (χ2v) is 6.01. The molecule has 0 aliphatic rings. The molecule has 2 N–H and O–H groups in total. The summed E-state index contributed by atoms with van der Waals surface area (Å²) in [5.74, 6) is 2.11. The molecule has 0 aliphatic carbocycles. The normalized spacial score (nSPS) is 11.0. The van der Waals surface area contributed by atoms with Gasteiger partial charge in [0.2, 0.25) is 0 Å². The Labute approximate surface area is 162 Å². The molecule has 23 heavy (non-hydrogen) atoms. The molecule has 1 aromatic carbocycles. The van der Waals surface area contributed by atoms with Crippen LogP contribution in [0.1, 0.15) is 30.9 Å². The average molecular weight is 451 g/mol. The van der Waals surface area contributed by atoms with Crippen LogP contribution in [0.5, 0.6) is 0 Å². The van der Waals surface area contributed by atoms with E-state index in [1.54, 1.807) is 7.11 Å². The van der Waals surface area contributed by atoms with Crippen LogP contribution in [0.25, 0.3) is 0 Å². The fourth-order valence-corrected chi connectivity index (χ4v) is 2.59. The molecule has 0 heterocycles. The van der Waals surface area contributed by atoms with Crippen molar-refractivity contribution in [2.24, 2.45) is 4.99 Å². The Morgan fingerprint density at radius 2 is 1.91 bits per heavy atom. The van der Waals surface area contributed by atoms with Gasteiger partial charge in [-0.3, -0.25) is 0 Å². The smallest absolute Gasteiger partial charge is 0.191 e. The van der Waals surface area contributed by atoms with Gasteiger partial charge >= 0.3 is 0 Å². The molecule has 1 rings (SSSR count). The van der Waals surface area contributed by atoms with Gasteiger partial charge in [-0.05, 0) is 42.9 Å². The number of aliphatic imine (C=N–C) groups is 1. The van der Waals surface area contributed by atoms with Gasteiger partial charge in [-0.25, -0.2) is 4.99 Å². The number of guanidine groups is 1. The van der Waals surface area contributed by atoms with Crippen molar-refractivity contribution >= 4 is 41.7 Å². The van der Waals surface area contributed by atoms with Crippen LogP contribution in [0, 0.1) is 0 Å². The van der Waals surface area contributed by atoms with Crippen molar-refractivity contribution < 1.29 is 4.74 Å². The number of hydrogen-bond donors (Lipinski definition) is 2. The zero-order valence-electron chi connectivity index (χ0n) is 14.4. The van der Waals surface area contributed by atoms with Crippen molar-refractivity contribution in [3.63, 3.8) is 0 Å². The lowest BCUT2D eigenvalue weighted by atomic mass is 10.1. The average Bonchev–Trinajstić information content (AvgIpc) is 2.54. The van der Waals surface area contributed by atoms with Crippen molar-refractivity contribution in [1.82, 2.24) is 10.6 Å². The summed E-state index contributed by atoms with van der Waals surface area (Å²) < 4.78 is 5.24. The van der Waals surface area contributed by atoms with E-state index in [4.69, 9.17) is 4.74 Å². The van der Waals surface area contributed by atoms with Crippen molar-refractivity contribution in [3.05, 3.63) is 35.4 Å². The first kappa shape index (κ1) is 22.5. The summed E-state index contributed by atoms with van der Waals surface area (Å²) in [6.07, 6.45) is 4.56. The van der Waals surface area contributed by atoms with Gasteiger partial charge in [-0.1, -0.05) is 24.3 Å². The van der Waals surface area contributed by atoms with Crippen LogP contribution < -0.4 is 10.6 Å². The van der Waals surface area contributed by atoms with E-state index in [0.29, 0.717) is 13.2 Å². The van der Waals surface area contributed by atoms with Crippen LogP contribution in [0.2, 0.25) is 0 Å². The van der Waals surface area contributed by atoms with E-state index in [-0.39, 0.29) is 24.0 Å². The second kappa shape index (κ2) is 15.1. The highest BCUT2D eigenvalue weighted by molar-refractivity contribution is 14.0. The maximum Gasteiger partial charge on any atom is 0.191 e. The molecule has 0 fully saturated rings. The Morgan fingerprint density at radius 3 is 2.57 bits per heavy atom. The van der Waals surface area contributed by atoms with Gasteiger partial charge in [0.1, 0.15) is 0 Å². The molecule has 132 valence electrons. The Bertz CT molecular complexity index is 444. The number of hydrogen-bond acceptors (Lipinski definition) is 3. The second-order valence-electron chi connectivity index (χ2n) is 5.02. The fraction of sp³-hybridized carbons (Fsp3) is 0.588. The molecular formula is C17H30IN3OS. The monoisotopic (exact) mass is 451 g/mol. The van der Waals surface area contributed by atoms with Crippen LogP contribution in [-0.2, 0) is 17.9 Å². The third-order valence-electron chi connectivity index (χ3n) is 3.24. The number of rotatable bonds is 10. The van der Waals surface area contributed by atoms with Crippen LogP contribution >= 0.6 is 35.7 Å². The minimum atomic E-state index is 0. The maximum atomic E-state index is 5.24. The molecule has 0 aliphatic heterocycles. The predicted octanol–water partition coefficient (Wildman–Crippen LogP) is 3.65. The van der Waals surface area contributed by atoms with Crippen LogP contribution in [0.3, 0.4) is 0 Å². The summed E-state index contributed by atoms with van der Waals surface area (Å²) in [6.45, 7) is 5.22. The minimum absolute atomic E-state index is 0. The molecule has 0 atom stereocenters. The Kier molecular flexibility index (Phi) is 14.8. The van der Waals surface area contributed by atoms with Crippen LogP contribution in [0.15, 0.2) is 29.3 Å².